The number of phosphoric ester groups is 1. The third-order valence-electron chi connectivity index (χ3n) is 8.22. The molecule has 0 aromatic rings. The van der Waals surface area contributed by atoms with Gasteiger partial charge in [0.25, 0.3) is 0 Å². The third-order valence-corrected chi connectivity index (χ3v) is 8.70. The molecule has 10 nitrogen and oxygen atoms in total. The van der Waals surface area contributed by atoms with Gasteiger partial charge in [-0.25, -0.2) is 4.57 Å². The number of carbonyl (C=O) groups is 2. The molecular weight excluding hydrogens is 683 g/mol. The van der Waals surface area contributed by atoms with E-state index in [0.29, 0.717) is 25.7 Å². The highest BCUT2D eigenvalue weighted by molar-refractivity contribution is 7.46. The van der Waals surface area contributed by atoms with Crippen LogP contribution in [0.1, 0.15) is 155 Å². The van der Waals surface area contributed by atoms with Crippen LogP contribution < -0.4 is 0 Å². The first-order chi connectivity index (χ1) is 25.1. The van der Waals surface area contributed by atoms with Gasteiger partial charge in [0.05, 0.1) is 18.8 Å². The summed E-state index contributed by atoms with van der Waals surface area (Å²) in [6.07, 6.45) is 37.2. The summed E-state index contributed by atoms with van der Waals surface area (Å²) in [7, 11) is -4.82. The number of esters is 2. The van der Waals surface area contributed by atoms with Crippen LogP contribution in [-0.2, 0) is 28.2 Å². The summed E-state index contributed by atoms with van der Waals surface area (Å²) in [6, 6.07) is 0. The van der Waals surface area contributed by atoms with Gasteiger partial charge in [-0.3, -0.25) is 14.1 Å². The van der Waals surface area contributed by atoms with E-state index < -0.39 is 44.7 Å². The molecule has 0 radical (unpaired) electrons. The Morgan fingerprint density at radius 2 is 1.10 bits per heavy atom. The normalized spacial score (nSPS) is 14.3. The van der Waals surface area contributed by atoms with Gasteiger partial charge < -0.3 is 29.5 Å². The van der Waals surface area contributed by atoms with E-state index in [9.17, 15) is 24.4 Å². The van der Waals surface area contributed by atoms with E-state index >= 15 is 0 Å². The zero-order valence-corrected chi connectivity index (χ0v) is 33.1. The minimum Gasteiger partial charge on any atom is -0.462 e. The Balaban J connectivity index is 4.22. The Kier molecular flexibility index (Phi) is 34.1. The van der Waals surface area contributed by atoms with Crippen molar-refractivity contribution in [2.24, 2.45) is 0 Å². The highest BCUT2D eigenvalue weighted by atomic mass is 31.2. The molecule has 0 aliphatic carbocycles. The van der Waals surface area contributed by atoms with Crippen molar-refractivity contribution in [3.05, 3.63) is 60.8 Å². The molecule has 3 atom stereocenters. The number of rotatable bonds is 35. The van der Waals surface area contributed by atoms with Gasteiger partial charge in [-0.1, -0.05) is 145 Å². The molecule has 0 spiro atoms. The molecule has 0 aromatic heterocycles. The maximum atomic E-state index is 12.4. The topological polar surface area (TPSA) is 160 Å². The lowest BCUT2D eigenvalue weighted by atomic mass is 10.1. The van der Waals surface area contributed by atoms with Crippen molar-refractivity contribution in [1.82, 2.24) is 0 Å². The van der Waals surface area contributed by atoms with E-state index in [2.05, 4.69) is 30.5 Å². The van der Waals surface area contributed by atoms with Gasteiger partial charge in [-0.2, -0.15) is 0 Å². The Hall–Kier alpha value is -2.33. The molecule has 0 saturated heterocycles. The number of allylic oxidation sites excluding steroid dienone is 8. The highest BCUT2D eigenvalue weighted by Gasteiger charge is 2.23. The summed E-state index contributed by atoms with van der Waals surface area (Å²) in [5.41, 5.74) is 0. The van der Waals surface area contributed by atoms with E-state index in [0.717, 1.165) is 51.4 Å². The fourth-order valence-electron chi connectivity index (χ4n) is 5.17. The molecular formula is C41H71O10P. The number of unbranched alkanes of at least 4 members (excludes halogenated alkanes) is 13. The van der Waals surface area contributed by atoms with Crippen LogP contribution in [0.15, 0.2) is 60.8 Å². The van der Waals surface area contributed by atoms with Crippen molar-refractivity contribution in [2.75, 3.05) is 13.2 Å². The second-order valence-electron chi connectivity index (χ2n) is 13.3. The van der Waals surface area contributed by atoms with Gasteiger partial charge in [0, 0.05) is 12.8 Å². The second kappa shape index (κ2) is 35.7. The first-order valence-electron chi connectivity index (χ1n) is 19.8. The van der Waals surface area contributed by atoms with Gasteiger partial charge in [0.15, 0.2) is 6.10 Å². The van der Waals surface area contributed by atoms with Crippen LogP contribution in [0.25, 0.3) is 0 Å². The maximum Gasteiger partial charge on any atom is 0.469 e. The Labute approximate surface area is 314 Å². The largest absolute Gasteiger partial charge is 0.469 e. The zero-order valence-electron chi connectivity index (χ0n) is 32.2. The van der Waals surface area contributed by atoms with E-state index in [4.69, 9.17) is 19.3 Å². The molecule has 0 aromatic carbocycles. The smallest absolute Gasteiger partial charge is 0.462 e. The summed E-state index contributed by atoms with van der Waals surface area (Å²) in [4.78, 5) is 42.8. The summed E-state index contributed by atoms with van der Waals surface area (Å²) >= 11 is 0. The van der Waals surface area contributed by atoms with Crippen LogP contribution in [0.5, 0.6) is 0 Å². The van der Waals surface area contributed by atoms with Crippen molar-refractivity contribution >= 4 is 19.8 Å². The molecule has 300 valence electrons. The molecule has 0 rings (SSSR count). The molecule has 0 bridgehead atoms. The number of aliphatic hydroxyl groups excluding tert-OH is 2. The molecule has 52 heavy (non-hydrogen) atoms. The molecule has 0 saturated carbocycles. The molecule has 0 unspecified atom stereocenters. The molecule has 0 aliphatic rings. The van der Waals surface area contributed by atoms with Gasteiger partial charge in [-0.15, -0.1) is 0 Å². The monoisotopic (exact) mass is 754 g/mol. The number of ether oxygens (including phenoxy) is 2. The average molecular weight is 755 g/mol. The fourth-order valence-corrected chi connectivity index (χ4v) is 5.53. The van der Waals surface area contributed by atoms with Crippen molar-refractivity contribution in [1.29, 1.82) is 0 Å². The standard InChI is InChI=1S/C41H71O10P/c1-3-5-7-8-9-10-11-12-13-14-15-16-20-23-27-33-40(44)49-35-39(36-50-52(46,47)48)51-41(45)34-28-32-38(43)31-26-22-19-17-18-21-25-30-37(42)29-24-6-4-2/h10-11,18-19,21-22,25-26,30-31,37-39,42-43H,3-9,12-17,20,23-24,27-29,32-36H2,1-2H3,(H2,46,47,48)/b11-10-,21-18-,22-19-,30-25+,31-26+/t37-,38-,39-/m1/s1. The lowest BCUT2D eigenvalue weighted by Crippen LogP contribution is -2.29. The van der Waals surface area contributed by atoms with E-state index in [-0.39, 0.29) is 19.4 Å². The molecule has 0 amide bonds. The van der Waals surface area contributed by atoms with Gasteiger partial charge in [-0.05, 0) is 57.8 Å². The maximum absolute atomic E-state index is 12.4. The number of hydrogen-bond donors (Lipinski definition) is 4. The number of aliphatic hydroxyl groups is 2. The van der Waals surface area contributed by atoms with Crippen LogP contribution in [0.4, 0.5) is 0 Å². The Morgan fingerprint density at radius 1 is 0.596 bits per heavy atom. The minimum absolute atomic E-state index is 0.0392. The lowest BCUT2D eigenvalue weighted by Gasteiger charge is -2.18. The van der Waals surface area contributed by atoms with Crippen LogP contribution in [-0.4, -0.2) is 63.5 Å². The van der Waals surface area contributed by atoms with E-state index in [1.165, 1.54) is 51.4 Å². The van der Waals surface area contributed by atoms with Crippen molar-refractivity contribution in [3.8, 4) is 0 Å². The molecule has 11 heteroatoms. The first-order valence-corrected chi connectivity index (χ1v) is 21.3. The summed E-state index contributed by atoms with van der Waals surface area (Å²) < 4.78 is 26.2. The van der Waals surface area contributed by atoms with Crippen molar-refractivity contribution < 1.29 is 48.2 Å². The second-order valence-corrected chi connectivity index (χ2v) is 14.5. The minimum atomic E-state index is -4.82. The molecule has 0 aliphatic heterocycles. The summed E-state index contributed by atoms with van der Waals surface area (Å²) in [5, 5.41) is 20.0. The fraction of sp³-hybridized carbons (Fsp3) is 0.707. The van der Waals surface area contributed by atoms with Gasteiger partial charge >= 0.3 is 19.8 Å². The van der Waals surface area contributed by atoms with Crippen molar-refractivity contribution in [3.63, 3.8) is 0 Å². The predicted octanol–water partition coefficient (Wildman–Crippen LogP) is 9.68. The third kappa shape index (κ3) is 37.4. The molecule has 0 fully saturated rings. The Morgan fingerprint density at radius 3 is 1.67 bits per heavy atom. The lowest BCUT2D eigenvalue weighted by molar-refractivity contribution is -0.161. The van der Waals surface area contributed by atoms with Gasteiger partial charge in [0.2, 0.25) is 0 Å². The average Bonchev–Trinajstić information content (AvgIpc) is 3.10. The van der Waals surface area contributed by atoms with Gasteiger partial charge in [0.1, 0.15) is 6.61 Å². The van der Waals surface area contributed by atoms with E-state index in [1.54, 1.807) is 18.2 Å². The summed E-state index contributed by atoms with van der Waals surface area (Å²) in [6.45, 7) is 3.36. The number of carbonyl (C=O) groups excluding carboxylic acids is 2. The molecule has 0 heterocycles. The van der Waals surface area contributed by atoms with Crippen LogP contribution in [0.2, 0.25) is 0 Å². The number of phosphoric acid groups is 1. The predicted molar refractivity (Wildman–Crippen MR) is 209 cm³/mol. The van der Waals surface area contributed by atoms with E-state index in [1.807, 2.05) is 30.4 Å². The van der Waals surface area contributed by atoms with Crippen LogP contribution >= 0.6 is 7.82 Å². The Bertz CT molecular complexity index is 1060. The SMILES string of the molecule is CCCCCC/C=C\CCCCCCCCCC(=O)OC[C@H](COP(=O)(O)O)OC(=O)CCC[C@H](O)/C=C/C=C\C/C=C\C=C\[C@H](O)CCCCC. The summed E-state index contributed by atoms with van der Waals surface area (Å²) in [5.74, 6) is -1.12. The molecule has 4 N–H and O–H groups in total. The van der Waals surface area contributed by atoms with Crippen molar-refractivity contribution in [2.45, 2.75) is 173 Å². The quantitative estimate of drug-likeness (QED) is 0.0161. The van der Waals surface area contributed by atoms with Crippen LogP contribution in [0, 0.1) is 0 Å². The zero-order chi connectivity index (χ0) is 38.5. The number of hydrogen-bond acceptors (Lipinski definition) is 8. The first kappa shape index (κ1) is 49.7. The highest BCUT2D eigenvalue weighted by Crippen LogP contribution is 2.36. The van der Waals surface area contributed by atoms with Crippen LogP contribution in [0.3, 0.4) is 0 Å².